The van der Waals surface area contributed by atoms with Gasteiger partial charge in [-0.2, -0.15) is 0 Å². The van der Waals surface area contributed by atoms with Crippen molar-refractivity contribution in [2.45, 2.75) is 40.5 Å². The van der Waals surface area contributed by atoms with Gasteiger partial charge in [0.05, 0.1) is 5.56 Å². The van der Waals surface area contributed by atoms with Gasteiger partial charge in [0, 0.05) is 30.3 Å². The molecule has 0 saturated heterocycles. The number of nitrogens with one attached hydrogen (secondary N) is 1. The first kappa shape index (κ1) is 20.5. The average molecular weight is 389 g/mol. The van der Waals surface area contributed by atoms with Crippen molar-refractivity contribution in [1.29, 1.82) is 0 Å². The Hall–Kier alpha value is -3.21. The highest BCUT2D eigenvalue weighted by Gasteiger charge is 2.17. The number of para-hydroxylation sites is 1. The minimum Gasteiger partial charge on any atom is -0.324 e. The monoisotopic (exact) mass is 388 g/mol. The Morgan fingerprint density at radius 2 is 1.76 bits per heavy atom. The van der Waals surface area contributed by atoms with Gasteiger partial charge in [-0.3, -0.25) is 4.79 Å². The van der Waals surface area contributed by atoms with Gasteiger partial charge in [-0.15, -0.1) is 0 Å². The van der Waals surface area contributed by atoms with E-state index in [2.05, 4.69) is 54.3 Å². The van der Waals surface area contributed by atoms with Crippen LogP contribution in [0.1, 0.15) is 53.7 Å². The van der Waals surface area contributed by atoms with Crippen molar-refractivity contribution >= 4 is 23.2 Å². The summed E-state index contributed by atoms with van der Waals surface area (Å²) in [4.78, 5) is 23.5. The molecule has 29 heavy (non-hydrogen) atoms. The molecule has 0 radical (unpaired) electrons. The molecule has 0 saturated carbocycles. The number of amides is 1. The fraction of sp³-hybridized carbons (Fsp3) is 0.292. The van der Waals surface area contributed by atoms with Crippen LogP contribution in [0.5, 0.6) is 0 Å². The number of benzene rings is 2. The molecule has 0 fully saturated rings. The molecule has 3 aromatic rings. The fourth-order valence-electron chi connectivity index (χ4n) is 3.35. The molecule has 0 aliphatic heterocycles. The summed E-state index contributed by atoms with van der Waals surface area (Å²) in [7, 11) is 0. The zero-order valence-electron chi connectivity index (χ0n) is 17.7. The van der Waals surface area contributed by atoms with Gasteiger partial charge in [-0.25, -0.2) is 9.97 Å². The van der Waals surface area contributed by atoms with Crippen LogP contribution in [0.2, 0.25) is 0 Å². The molecule has 0 atom stereocenters. The maximum atomic E-state index is 13.0. The highest BCUT2D eigenvalue weighted by atomic mass is 16.2. The topological polar surface area (TPSA) is 58.1 Å². The lowest BCUT2D eigenvalue weighted by Crippen LogP contribution is -2.30. The van der Waals surface area contributed by atoms with Crippen molar-refractivity contribution in [3.8, 4) is 0 Å². The summed E-state index contributed by atoms with van der Waals surface area (Å²) in [5.41, 5.74) is 5.83. The SMILES string of the molecule is CCN(C(=O)c1cnc(Nc2c(C)cccc2C(C)C)nc1)c1cccc(C)c1. The van der Waals surface area contributed by atoms with Crippen LogP contribution in [0.3, 0.4) is 0 Å². The van der Waals surface area contributed by atoms with E-state index in [1.54, 1.807) is 17.3 Å². The molecule has 1 N–H and O–H groups in total. The normalized spacial score (nSPS) is 10.8. The van der Waals surface area contributed by atoms with Gasteiger partial charge in [0.1, 0.15) is 0 Å². The number of rotatable bonds is 6. The van der Waals surface area contributed by atoms with Gasteiger partial charge in [0.2, 0.25) is 5.95 Å². The third-order valence-corrected chi connectivity index (χ3v) is 4.94. The molecule has 0 bridgehead atoms. The molecule has 0 unspecified atom stereocenters. The van der Waals surface area contributed by atoms with Gasteiger partial charge < -0.3 is 10.2 Å². The second kappa shape index (κ2) is 8.86. The molecular weight excluding hydrogens is 360 g/mol. The van der Waals surface area contributed by atoms with Crippen molar-refractivity contribution in [3.63, 3.8) is 0 Å². The van der Waals surface area contributed by atoms with Crippen LogP contribution in [-0.2, 0) is 0 Å². The van der Waals surface area contributed by atoms with Crippen molar-refractivity contribution in [2.24, 2.45) is 0 Å². The maximum Gasteiger partial charge on any atom is 0.261 e. The quantitative estimate of drug-likeness (QED) is 0.595. The Bertz CT molecular complexity index is 996. The lowest BCUT2D eigenvalue weighted by atomic mass is 9.98. The number of nitrogens with zero attached hydrogens (tertiary/aromatic N) is 3. The number of anilines is 3. The molecule has 2 aromatic carbocycles. The number of hydrogen-bond acceptors (Lipinski definition) is 4. The predicted octanol–water partition coefficient (Wildman–Crippen LogP) is 5.63. The Balaban J connectivity index is 1.83. The van der Waals surface area contributed by atoms with Crippen LogP contribution in [0.4, 0.5) is 17.3 Å². The molecule has 1 amide bonds. The van der Waals surface area contributed by atoms with Gasteiger partial charge in [-0.05, 0) is 55.5 Å². The minimum atomic E-state index is -0.108. The van der Waals surface area contributed by atoms with Crippen LogP contribution in [-0.4, -0.2) is 22.4 Å². The van der Waals surface area contributed by atoms with E-state index in [0.29, 0.717) is 24.0 Å². The van der Waals surface area contributed by atoms with Crippen molar-refractivity contribution in [2.75, 3.05) is 16.8 Å². The highest BCUT2D eigenvalue weighted by molar-refractivity contribution is 6.05. The van der Waals surface area contributed by atoms with Crippen LogP contribution in [0.25, 0.3) is 0 Å². The predicted molar refractivity (Wildman–Crippen MR) is 119 cm³/mol. The number of hydrogen-bond donors (Lipinski definition) is 1. The smallest absolute Gasteiger partial charge is 0.261 e. The lowest BCUT2D eigenvalue weighted by molar-refractivity contribution is 0.0987. The molecule has 0 spiro atoms. The van der Waals surface area contributed by atoms with E-state index >= 15 is 0 Å². The highest BCUT2D eigenvalue weighted by Crippen LogP contribution is 2.29. The van der Waals surface area contributed by atoms with E-state index in [1.807, 2.05) is 38.1 Å². The van der Waals surface area contributed by atoms with Crippen molar-refractivity contribution < 1.29 is 4.79 Å². The number of carbonyl (C=O) groups is 1. The molecule has 5 nitrogen and oxygen atoms in total. The van der Waals surface area contributed by atoms with E-state index in [0.717, 1.165) is 22.5 Å². The molecule has 1 aromatic heterocycles. The molecular formula is C24H28N4O. The van der Waals surface area contributed by atoms with E-state index in [4.69, 9.17) is 0 Å². The van der Waals surface area contributed by atoms with E-state index in [-0.39, 0.29) is 5.91 Å². The lowest BCUT2D eigenvalue weighted by Gasteiger charge is -2.21. The molecule has 1 heterocycles. The van der Waals surface area contributed by atoms with Crippen LogP contribution >= 0.6 is 0 Å². The summed E-state index contributed by atoms with van der Waals surface area (Å²) in [5, 5.41) is 3.32. The molecule has 3 rings (SSSR count). The number of carbonyl (C=O) groups excluding carboxylic acids is 1. The zero-order valence-corrected chi connectivity index (χ0v) is 17.7. The molecule has 5 heteroatoms. The standard InChI is InChI=1S/C24H28N4O/c1-6-28(20-11-7-9-17(4)13-20)23(29)19-14-25-24(26-15-19)27-22-18(5)10-8-12-21(22)16(2)3/h7-16H,6H2,1-5H3,(H,25,26,27). The summed E-state index contributed by atoms with van der Waals surface area (Å²) in [6.07, 6.45) is 3.17. The average Bonchev–Trinajstić information content (AvgIpc) is 2.70. The van der Waals surface area contributed by atoms with Crippen LogP contribution in [0.15, 0.2) is 54.9 Å². The van der Waals surface area contributed by atoms with Gasteiger partial charge in [0.15, 0.2) is 0 Å². The Kier molecular flexibility index (Phi) is 6.27. The Morgan fingerprint density at radius 1 is 1.07 bits per heavy atom. The fourth-order valence-corrected chi connectivity index (χ4v) is 3.35. The maximum absolute atomic E-state index is 13.0. The Morgan fingerprint density at radius 3 is 2.38 bits per heavy atom. The van der Waals surface area contributed by atoms with Crippen molar-refractivity contribution in [3.05, 3.63) is 77.1 Å². The van der Waals surface area contributed by atoms with E-state index in [9.17, 15) is 4.79 Å². The van der Waals surface area contributed by atoms with Crippen molar-refractivity contribution in [1.82, 2.24) is 9.97 Å². The minimum absolute atomic E-state index is 0.108. The molecule has 0 aliphatic carbocycles. The van der Waals surface area contributed by atoms with E-state index in [1.165, 1.54) is 5.56 Å². The first-order chi connectivity index (χ1) is 13.9. The van der Waals surface area contributed by atoms with Crippen LogP contribution in [0, 0.1) is 13.8 Å². The first-order valence-corrected chi connectivity index (χ1v) is 9.97. The number of aromatic nitrogens is 2. The van der Waals surface area contributed by atoms with Gasteiger partial charge >= 0.3 is 0 Å². The summed E-state index contributed by atoms with van der Waals surface area (Å²) >= 11 is 0. The third kappa shape index (κ3) is 4.62. The summed E-state index contributed by atoms with van der Waals surface area (Å²) in [6, 6.07) is 14.1. The number of aryl methyl sites for hydroxylation is 2. The first-order valence-electron chi connectivity index (χ1n) is 9.97. The Labute approximate surface area is 172 Å². The molecule has 0 aliphatic rings. The summed E-state index contributed by atoms with van der Waals surface area (Å²) in [5.74, 6) is 0.755. The second-order valence-electron chi connectivity index (χ2n) is 7.50. The van der Waals surface area contributed by atoms with Crippen LogP contribution < -0.4 is 10.2 Å². The second-order valence-corrected chi connectivity index (χ2v) is 7.50. The molecule has 150 valence electrons. The van der Waals surface area contributed by atoms with E-state index < -0.39 is 0 Å². The van der Waals surface area contributed by atoms with Gasteiger partial charge in [-0.1, -0.05) is 44.2 Å². The third-order valence-electron chi connectivity index (χ3n) is 4.94. The summed E-state index contributed by atoms with van der Waals surface area (Å²) in [6.45, 7) is 10.9. The summed E-state index contributed by atoms with van der Waals surface area (Å²) < 4.78 is 0. The largest absolute Gasteiger partial charge is 0.324 e. The zero-order chi connectivity index (χ0) is 21.0. The van der Waals surface area contributed by atoms with Gasteiger partial charge in [0.25, 0.3) is 5.91 Å².